The Morgan fingerprint density at radius 1 is 0.889 bits per heavy atom. The van der Waals surface area contributed by atoms with Crippen LogP contribution in [0.3, 0.4) is 0 Å². The molecule has 3 atom stereocenters. The van der Waals surface area contributed by atoms with Crippen molar-refractivity contribution in [1.29, 1.82) is 0 Å². The van der Waals surface area contributed by atoms with Crippen LogP contribution in [0.2, 0.25) is 0 Å². The number of aliphatic hydroxyl groups is 1. The minimum absolute atomic E-state index is 0.0419. The van der Waals surface area contributed by atoms with Crippen LogP contribution in [-0.2, 0) is 19.2 Å². The minimum atomic E-state index is -1.19. The molecule has 0 heterocycles. The summed E-state index contributed by atoms with van der Waals surface area (Å²) in [6.07, 6.45) is 0.499. The predicted octanol–water partition coefficient (Wildman–Crippen LogP) is 0.0199. The number of nitrogens with one attached hydrogen (secondary N) is 3. The summed E-state index contributed by atoms with van der Waals surface area (Å²) in [5.41, 5.74) is -0.319. The normalized spacial score (nSPS) is 14.8. The smallest absolute Gasteiger partial charge is 0.326 e. The van der Waals surface area contributed by atoms with E-state index in [0.717, 1.165) is 0 Å². The lowest BCUT2D eigenvalue weighted by Crippen LogP contribution is -2.57. The molecule has 3 amide bonds. The number of carbonyl (C=O) groups excluding carboxylic acids is 3. The molecule has 0 aromatic heterocycles. The topological polar surface area (TPSA) is 145 Å². The largest absolute Gasteiger partial charge is 0.480 e. The SMILES string of the molecule is CC(=O)N[C@@H](CO)C(=O)N[C@@H](CC(C)C)C(=O)N[C@@H](CC(C)(C)C)C(=O)O. The summed E-state index contributed by atoms with van der Waals surface area (Å²) in [6, 6.07) is -3.26. The number of rotatable bonds is 10. The number of aliphatic hydroxyl groups excluding tert-OH is 1. The number of carboxylic acid groups (broad SMARTS) is 1. The molecule has 0 rings (SSSR count). The maximum Gasteiger partial charge on any atom is 0.326 e. The van der Waals surface area contributed by atoms with Gasteiger partial charge in [-0.15, -0.1) is 0 Å². The number of hydrogen-bond acceptors (Lipinski definition) is 5. The van der Waals surface area contributed by atoms with E-state index in [-0.39, 0.29) is 24.2 Å². The third-order valence-corrected chi connectivity index (χ3v) is 3.65. The number of aliphatic carboxylic acids is 1. The van der Waals surface area contributed by atoms with E-state index in [2.05, 4.69) is 16.0 Å². The van der Waals surface area contributed by atoms with Gasteiger partial charge in [0.2, 0.25) is 17.7 Å². The summed E-state index contributed by atoms with van der Waals surface area (Å²) in [7, 11) is 0. The van der Waals surface area contributed by atoms with E-state index < -0.39 is 48.4 Å². The molecule has 0 saturated heterocycles. The van der Waals surface area contributed by atoms with Gasteiger partial charge in [0.05, 0.1) is 6.61 Å². The zero-order valence-corrected chi connectivity index (χ0v) is 17.0. The molecule has 0 unspecified atom stereocenters. The molecule has 0 radical (unpaired) electrons. The van der Waals surface area contributed by atoms with Gasteiger partial charge in [-0.3, -0.25) is 14.4 Å². The van der Waals surface area contributed by atoms with Gasteiger partial charge in [0.15, 0.2) is 0 Å². The molecule has 0 aliphatic heterocycles. The van der Waals surface area contributed by atoms with Gasteiger partial charge in [-0.25, -0.2) is 4.79 Å². The van der Waals surface area contributed by atoms with Crippen LogP contribution in [0.1, 0.15) is 54.4 Å². The van der Waals surface area contributed by atoms with Crippen molar-refractivity contribution >= 4 is 23.7 Å². The third-order valence-electron chi connectivity index (χ3n) is 3.65. The monoisotopic (exact) mass is 387 g/mol. The van der Waals surface area contributed by atoms with Gasteiger partial charge in [-0.2, -0.15) is 0 Å². The van der Waals surface area contributed by atoms with Crippen LogP contribution in [0.5, 0.6) is 0 Å². The molecular formula is C18H33N3O6. The van der Waals surface area contributed by atoms with Crippen LogP contribution in [0.25, 0.3) is 0 Å². The van der Waals surface area contributed by atoms with Gasteiger partial charge in [-0.1, -0.05) is 34.6 Å². The van der Waals surface area contributed by atoms with Crippen LogP contribution in [0.15, 0.2) is 0 Å². The van der Waals surface area contributed by atoms with Crippen LogP contribution >= 0.6 is 0 Å². The van der Waals surface area contributed by atoms with Crippen LogP contribution in [0.4, 0.5) is 0 Å². The Hall–Kier alpha value is -2.16. The number of hydrogen-bond donors (Lipinski definition) is 5. The lowest BCUT2D eigenvalue weighted by atomic mass is 9.88. The van der Waals surface area contributed by atoms with Crippen molar-refractivity contribution in [1.82, 2.24) is 16.0 Å². The molecule has 0 aromatic rings. The standard InChI is InChI=1S/C18H33N3O6/c1-10(2)7-12(20-16(25)14(9-22)19-11(3)23)15(24)21-13(17(26)27)8-18(4,5)6/h10,12-14,22H,7-9H2,1-6H3,(H,19,23)(H,20,25)(H,21,24)(H,26,27)/t12-,13-,14-/m0/s1. The van der Waals surface area contributed by atoms with Crippen molar-refractivity contribution in [2.45, 2.75) is 72.5 Å². The van der Waals surface area contributed by atoms with E-state index >= 15 is 0 Å². The van der Waals surface area contributed by atoms with Crippen LogP contribution < -0.4 is 16.0 Å². The summed E-state index contributed by atoms with van der Waals surface area (Å²) in [5, 5.41) is 25.9. The first-order chi connectivity index (χ1) is 12.3. The van der Waals surface area contributed by atoms with Gasteiger partial charge in [0.1, 0.15) is 18.1 Å². The Bertz CT molecular complexity index is 542. The predicted molar refractivity (Wildman–Crippen MR) is 99.7 cm³/mol. The fourth-order valence-electron chi connectivity index (χ4n) is 2.50. The second-order valence-corrected chi connectivity index (χ2v) is 8.29. The quantitative estimate of drug-likeness (QED) is 0.357. The highest BCUT2D eigenvalue weighted by Crippen LogP contribution is 2.21. The second-order valence-electron chi connectivity index (χ2n) is 8.29. The zero-order chi connectivity index (χ0) is 21.4. The van der Waals surface area contributed by atoms with Gasteiger partial charge < -0.3 is 26.2 Å². The van der Waals surface area contributed by atoms with Gasteiger partial charge in [0.25, 0.3) is 0 Å². The maximum absolute atomic E-state index is 12.6. The molecule has 0 aromatic carbocycles. The Balaban J connectivity index is 5.25. The molecule has 0 saturated carbocycles. The molecule has 0 aliphatic rings. The second kappa shape index (κ2) is 10.9. The van der Waals surface area contributed by atoms with Gasteiger partial charge in [0, 0.05) is 6.92 Å². The highest BCUT2D eigenvalue weighted by atomic mass is 16.4. The van der Waals surface area contributed by atoms with Crippen LogP contribution in [-0.4, -0.2) is 58.6 Å². The summed E-state index contributed by atoms with van der Waals surface area (Å²) in [4.78, 5) is 47.5. The summed E-state index contributed by atoms with van der Waals surface area (Å²) >= 11 is 0. The van der Waals surface area contributed by atoms with Crippen molar-refractivity contribution in [3.8, 4) is 0 Å². The Kier molecular flexibility index (Phi) is 9.99. The fourth-order valence-corrected chi connectivity index (χ4v) is 2.50. The van der Waals surface area contributed by atoms with E-state index in [1.165, 1.54) is 6.92 Å². The summed E-state index contributed by atoms with van der Waals surface area (Å²) in [5.74, 6) is -2.94. The van der Waals surface area contributed by atoms with E-state index in [1.807, 2.05) is 34.6 Å². The highest BCUT2D eigenvalue weighted by Gasteiger charge is 2.31. The third kappa shape index (κ3) is 10.5. The first-order valence-corrected chi connectivity index (χ1v) is 8.98. The van der Waals surface area contributed by atoms with Crippen LogP contribution in [0, 0.1) is 11.3 Å². The van der Waals surface area contributed by atoms with E-state index in [1.54, 1.807) is 0 Å². The summed E-state index contributed by atoms with van der Waals surface area (Å²) < 4.78 is 0. The first kappa shape index (κ1) is 24.8. The number of amides is 3. The average molecular weight is 387 g/mol. The average Bonchev–Trinajstić information content (AvgIpc) is 2.48. The molecule has 0 bridgehead atoms. The van der Waals surface area contributed by atoms with Crippen molar-refractivity contribution in [3.63, 3.8) is 0 Å². The minimum Gasteiger partial charge on any atom is -0.480 e. The van der Waals surface area contributed by atoms with Crippen molar-refractivity contribution in [3.05, 3.63) is 0 Å². The van der Waals surface area contributed by atoms with Gasteiger partial charge in [-0.05, 0) is 24.2 Å². The van der Waals surface area contributed by atoms with E-state index in [9.17, 15) is 29.4 Å². The number of carboxylic acids is 1. The molecule has 156 valence electrons. The fraction of sp³-hybridized carbons (Fsp3) is 0.778. The molecule has 9 heteroatoms. The van der Waals surface area contributed by atoms with Crippen molar-refractivity contribution in [2.24, 2.45) is 11.3 Å². The first-order valence-electron chi connectivity index (χ1n) is 8.98. The molecule has 0 fully saturated rings. The number of carbonyl (C=O) groups is 4. The molecule has 5 N–H and O–H groups in total. The Morgan fingerprint density at radius 2 is 1.37 bits per heavy atom. The summed E-state index contributed by atoms with van der Waals surface area (Å²) in [6.45, 7) is 9.88. The molecule has 9 nitrogen and oxygen atoms in total. The lowest BCUT2D eigenvalue weighted by Gasteiger charge is -2.27. The van der Waals surface area contributed by atoms with E-state index in [0.29, 0.717) is 0 Å². The highest BCUT2D eigenvalue weighted by molar-refractivity contribution is 5.93. The molecular weight excluding hydrogens is 354 g/mol. The van der Waals surface area contributed by atoms with Crippen molar-refractivity contribution < 1.29 is 29.4 Å². The van der Waals surface area contributed by atoms with Gasteiger partial charge >= 0.3 is 5.97 Å². The Labute approximate surface area is 160 Å². The molecule has 27 heavy (non-hydrogen) atoms. The maximum atomic E-state index is 12.6. The lowest BCUT2D eigenvalue weighted by molar-refractivity contribution is -0.143. The molecule has 0 spiro atoms. The van der Waals surface area contributed by atoms with Crippen molar-refractivity contribution in [2.75, 3.05) is 6.61 Å². The zero-order valence-electron chi connectivity index (χ0n) is 17.0. The van der Waals surface area contributed by atoms with E-state index in [4.69, 9.17) is 0 Å². The Morgan fingerprint density at radius 3 is 1.74 bits per heavy atom. The molecule has 0 aliphatic carbocycles.